The monoisotopic (exact) mass is 407 g/mol. The first-order valence-corrected chi connectivity index (χ1v) is 11.5. The second-order valence-electron chi connectivity index (χ2n) is 10.9. The molecule has 2 nitrogen and oxygen atoms in total. The number of unbranched alkanes of at least 4 members (excludes halogenated alkanes) is 1. The lowest BCUT2D eigenvalue weighted by Gasteiger charge is -2.45. The summed E-state index contributed by atoms with van der Waals surface area (Å²) in [7, 11) is 0. The maximum atomic E-state index is 10.9. The van der Waals surface area contributed by atoms with Crippen molar-refractivity contribution in [2.75, 3.05) is 13.1 Å². The van der Waals surface area contributed by atoms with E-state index in [1.54, 1.807) is 0 Å². The number of rotatable bonds is 8. The van der Waals surface area contributed by atoms with Gasteiger partial charge in [-0.3, -0.25) is 0 Å². The first-order chi connectivity index (χ1) is 12.9. The molecule has 1 fully saturated rings. The van der Waals surface area contributed by atoms with Crippen molar-refractivity contribution in [2.24, 2.45) is 5.41 Å². The van der Waals surface area contributed by atoms with Crippen molar-refractivity contribution >= 4 is 11.6 Å². The van der Waals surface area contributed by atoms with Gasteiger partial charge >= 0.3 is 0 Å². The van der Waals surface area contributed by atoms with E-state index in [1.165, 1.54) is 12.0 Å². The molecule has 1 aromatic rings. The van der Waals surface area contributed by atoms with Crippen molar-refractivity contribution < 1.29 is 5.11 Å². The van der Waals surface area contributed by atoms with Crippen LogP contribution in [0.2, 0.25) is 5.02 Å². The topological polar surface area (TPSA) is 23.5 Å². The van der Waals surface area contributed by atoms with Gasteiger partial charge < -0.3 is 10.0 Å². The quantitative estimate of drug-likeness (QED) is 0.510. The number of aliphatic hydroxyl groups is 1. The summed E-state index contributed by atoms with van der Waals surface area (Å²) < 4.78 is 0. The van der Waals surface area contributed by atoms with Crippen LogP contribution in [0.5, 0.6) is 0 Å². The average Bonchev–Trinajstić information content (AvgIpc) is 2.59. The van der Waals surface area contributed by atoms with Gasteiger partial charge in [-0.05, 0) is 60.6 Å². The fraction of sp³-hybridized carbons (Fsp3) is 0.760. The minimum atomic E-state index is -0.440. The van der Waals surface area contributed by atoms with Crippen LogP contribution in [0.15, 0.2) is 24.3 Å². The van der Waals surface area contributed by atoms with Crippen LogP contribution >= 0.6 is 11.6 Å². The molecule has 160 valence electrons. The van der Waals surface area contributed by atoms with Gasteiger partial charge in [0.2, 0.25) is 0 Å². The van der Waals surface area contributed by atoms with Crippen LogP contribution in [0.25, 0.3) is 0 Å². The molecule has 0 radical (unpaired) electrons. The zero-order valence-electron chi connectivity index (χ0n) is 19.0. The number of likely N-dealkylation sites (tertiary alicyclic amines) is 1. The van der Waals surface area contributed by atoms with Crippen molar-refractivity contribution in [3.63, 3.8) is 0 Å². The number of piperidine rings is 1. The Morgan fingerprint density at radius 3 is 2.11 bits per heavy atom. The molecule has 1 aliphatic rings. The van der Waals surface area contributed by atoms with E-state index >= 15 is 0 Å². The Kier molecular flexibility index (Phi) is 8.04. The molecule has 1 atom stereocenters. The molecular formula is C25H42ClNO. The zero-order chi connectivity index (χ0) is 21.0. The van der Waals surface area contributed by atoms with E-state index in [0.29, 0.717) is 6.04 Å². The van der Waals surface area contributed by atoms with E-state index in [-0.39, 0.29) is 10.8 Å². The van der Waals surface area contributed by atoms with E-state index in [0.717, 1.165) is 56.6 Å². The molecule has 1 heterocycles. The molecule has 0 bridgehead atoms. The molecule has 1 aliphatic heterocycles. The van der Waals surface area contributed by atoms with Crippen molar-refractivity contribution in [3.8, 4) is 0 Å². The van der Waals surface area contributed by atoms with Crippen molar-refractivity contribution in [3.05, 3.63) is 34.9 Å². The molecule has 0 aliphatic carbocycles. The molecule has 0 spiro atoms. The molecule has 1 aromatic carbocycles. The van der Waals surface area contributed by atoms with Crippen LogP contribution in [0.4, 0.5) is 0 Å². The van der Waals surface area contributed by atoms with Gasteiger partial charge in [-0.2, -0.15) is 0 Å². The lowest BCUT2D eigenvalue weighted by Crippen LogP contribution is -2.50. The third-order valence-electron chi connectivity index (χ3n) is 6.46. The summed E-state index contributed by atoms with van der Waals surface area (Å²) in [6, 6.07) is 8.89. The van der Waals surface area contributed by atoms with Crippen molar-refractivity contribution in [1.82, 2.24) is 4.90 Å². The highest BCUT2D eigenvalue weighted by Gasteiger charge is 2.37. The molecule has 2 rings (SSSR count). The highest BCUT2D eigenvalue weighted by atomic mass is 35.5. The minimum absolute atomic E-state index is 0.0937. The second kappa shape index (κ2) is 9.49. The zero-order valence-corrected chi connectivity index (χ0v) is 19.8. The Morgan fingerprint density at radius 1 is 1.04 bits per heavy atom. The van der Waals surface area contributed by atoms with Gasteiger partial charge in [0.25, 0.3) is 0 Å². The molecule has 1 saturated heterocycles. The third kappa shape index (κ3) is 7.04. The lowest BCUT2D eigenvalue weighted by molar-refractivity contribution is -0.0442. The van der Waals surface area contributed by atoms with Crippen LogP contribution in [-0.2, 0) is 5.41 Å². The highest BCUT2D eigenvalue weighted by molar-refractivity contribution is 6.30. The fourth-order valence-electron chi connectivity index (χ4n) is 4.71. The van der Waals surface area contributed by atoms with Crippen LogP contribution in [0.3, 0.4) is 0 Å². The predicted octanol–water partition coefficient (Wildman–Crippen LogP) is 6.83. The van der Waals surface area contributed by atoms with Crippen LogP contribution in [0.1, 0.15) is 92.1 Å². The number of benzene rings is 1. The van der Waals surface area contributed by atoms with Gasteiger partial charge in [0.15, 0.2) is 0 Å². The highest BCUT2D eigenvalue weighted by Crippen LogP contribution is 2.37. The normalized spacial score (nSPS) is 19.6. The summed E-state index contributed by atoms with van der Waals surface area (Å²) in [6.07, 6.45) is 7.37. The van der Waals surface area contributed by atoms with Crippen molar-refractivity contribution in [2.45, 2.75) is 104 Å². The SMILES string of the molecule is CCCCC1(O)CCN(C(CC(C)(C)C)CC(C)(C)c2ccc(Cl)cc2)CC1. The van der Waals surface area contributed by atoms with E-state index in [1.807, 2.05) is 12.1 Å². The molecule has 0 saturated carbocycles. The molecule has 28 heavy (non-hydrogen) atoms. The van der Waals surface area contributed by atoms with Crippen molar-refractivity contribution in [1.29, 1.82) is 0 Å². The van der Waals surface area contributed by atoms with Gasteiger partial charge in [-0.15, -0.1) is 0 Å². The largest absolute Gasteiger partial charge is 0.390 e. The Hall–Kier alpha value is -0.570. The molecule has 3 heteroatoms. The molecule has 1 unspecified atom stereocenters. The molecule has 0 aromatic heterocycles. The molecule has 0 amide bonds. The second-order valence-corrected chi connectivity index (χ2v) is 11.3. The van der Waals surface area contributed by atoms with Gasteiger partial charge in [0.1, 0.15) is 0 Å². The maximum absolute atomic E-state index is 10.9. The fourth-order valence-corrected chi connectivity index (χ4v) is 4.83. The standard InChI is InChI=1S/C25H42ClNO/c1-7-8-13-25(28)14-16-27(17-15-25)22(18-23(2,3)4)19-24(5,6)20-9-11-21(26)12-10-20/h9-12,22,28H,7-8,13-19H2,1-6H3. The number of nitrogens with zero attached hydrogens (tertiary/aromatic N) is 1. The minimum Gasteiger partial charge on any atom is -0.390 e. The predicted molar refractivity (Wildman–Crippen MR) is 122 cm³/mol. The summed E-state index contributed by atoms with van der Waals surface area (Å²) >= 11 is 6.11. The number of hydrogen-bond acceptors (Lipinski definition) is 2. The van der Waals surface area contributed by atoms with Gasteiger partial charge in [0, 0.05) is 24.2 Å². The Labute approximate surface area is 178 Å². The van der Waals surface area contributed by atoms with Gasteiger partial charge in [-0.25, -0.2) is 0 Å². The summed E-state index contributed by atoms with van der Waals surface area (Å²) in [5.41, 5.74) is 1.30. The summed E-state index contributed by atoms with van der Waals surface area (Å²) in [5, 5.41) is 11.7. The first kappa shape index (κ1) is 23.7. The Balaban J connectivity index is 2.11. The lowest BCUT2D eigenvalue weighted by atomic mass is 9.74. The first-order valence-electron chi connectivity index (χ1n) is 11.2. The third-order valence-corrected chi connectivity index (χ3v) is 6.71. The average molecular weight is 408 g/mol. The molecule has 1 N–H and O–H groups in total. The number of halogens is 1. The summed E-state index contributed by atoms with van der Waals surface area (Å²) in [4.78, 5) is 2.66. The maximum Gasteiger partial charge on any atom is 0.0672 e. The van der Waals surface area contributed by atoms with E-state index < -0.39 is 5.60 Å². The van der Waals surface area contributed by atoms with Gasteiger partial charge in [0.05, 0.1) is 5.60 Å². The van der Waals surface area contributed by atoms with Crippen LogP contribution < -0.4 is 0 Å². The van der Waals surface area contributed by atoms with E-state index in [2.05, 4.69) is 58.6 Å². The van der Waals surface area contributed by atoms with E-state index in [9.17, 15) is 5.11 Å². The summed E-state index contributed by atoms with van der Waals surface area (Å²) in [6.45, 7) is 16.0. The summed E-state index contributed by atoms with van der Waals surface area (Å²) in [5.74, 6) is 0. The Bertz CT molecular complexity index is 594. The van der Waals surface area contributed by atoms with Crippen LogP contribution in [-0.4, -0.2) is 34.7 Å². The Morgan fingerprint density at radius 2 is 1.61 bits per heavy atom. The number of hydrogen-bond donors (Lipinski definition) is 1. The smallest absolute Gasteiger partial charge is 0.0672 e. The van der Waals surface area contributed by atoms with E-state index in [4.69, 9.17) is 11.6 Å². The van der Waals surface area contributed by atoms with Crippen LogP contribution in [0, 0.1) is 5.41 Å². The van der Waals surface area contributed by atoms with Gasteiger partial charge in [-0.1, -0.05) is 78.1 Å². The molecular weight excluding hydrogens is 366 g/mol.